The van der Waals surface area contributed by atoms with Crippen molar-refractivity contribution in [2.24, 2.45) is 0 Å². The maximum atomic E-state index is 5.83. The van der Waals surface area contributed by atoms with E-state index in [1.165, 1.54) is 0 Å². The predicted octanol–water partition coefficient (Wildman–Crippen LogP) is 1.66. The molecular weight excluding hydrogens is 242 g/mol. The van der Waals surface area contributed by atoms with Gasteiger partial charge >= 0.3 is 0 Å². The largest absolute Gasteiger partial charge is 0.399 e. The standard InChI is InChI=1S/C13H19N5O/c1-3-19-8-4-7-18-13(15-16-17-18)12-9-11(14)6-5-10(12)2/h5-6,9H,3-4,7-8,14H2,1-2H3. The third-order valence-corrected chi connectivity index (χ3v) is 2.90. The first kappa shape index (κ1) is 13.5. The molecule has 2 rings (SSSR count). The van der Waals surface area contributed by atoms with Crippen molar-refractivity contribution in [3.8, 4) is 11.4 Å². The molecule has 0 aliphatic carbocycles. The highest BCUT2D eigenvalue weighted by molar-refractivity contribution is 5.65. The SMILES string of the molecule is CCOCCCn1nnnc1-c1cc(N)ccc1C. The van der Waals surface area contributed by atoms with Gasteiger partial charge in [-0.25, -0.2) is 4.68 Å². The zero-order chi connectivity index (χ0) is 13.7. The zero-order valence-corrected chi connectivity index (χ0v) is 11.3. The molecule has 0 fully saturated rings. The number of rotatable bonds is 6. The van der Waals surface area contributed by atoms with E-state index >= 15 is 0 Å². The molecule has 1 aromatic heterocycles. The maximum absolute atomic E-state index is 5.83. The number of ether oxygens (including phenoxy) is 1. The summed E-state index contributed by atoms with van der Waals surface area (Å²) in [4.78, 5) is 0. The van der Waals surface area contributed by atoms with Crippen LogP contribution in [0.15, 0.2) is 18.2 Å². The van der Waals surface area contributed by atoms with Gasteiger partial charge in [-0.1, -0.05) is 6.07 Å². The Morgan fingerprint density at radius 2 is 2.21 bits per heavy atom. The van der Waals surface area contributed by atoms with Crippen LogP contribution in [0.3, 0.4) is 0 Å². The average molecular weight is 261 g/mol. The lowest BCUT2D eigenvalue weighted by Gasteiger charge is -2.08. The molecule has 1 heterocycles. The Bertz CT molecular complexity index is 538. The normalized spacial score (nSPS) is 10.8. The quantitative estimate of drug-likeness (QED) is 0.632. The molecule has 0 amide bonds. The van der Waals surface area contributed by atoms with Crippen molar-refractivity contribution in [3.05, 3.63) is 23.8 Å². The second-order valence-corrected chi connectivity index (χ2v) is 4.35. The monoisotopic (exact) mass is 261 g/mol. The van der Waals surface area contributed by atoms with Gasteiger partial charge in [-0.3, -0.25) is 0 Å². The number of aryl methyl sites for hydroxylation is 2. The highest BCUT2D eigenvalue weighted by atomic mass is 16.5. The number of nitrogens with zero attached hydrogens (tertiary/aromatic N) is 4. The van der Waals surface area contributed by atoms with E-state index in [4.69, 9.17) is 10.5 Å². The Hall–Kier alpha value is -1.95. The minimum atomic E-state index is 0.712. The number of nitrogen functional groups attached to an aromatic ring is 1. The van der Waals surface area contributed by atoms with Gasteiger partial charge in [0.05, 0.1) is 0 Å². The molecule has 2 N–H and O–H groups in total. The van der Waals surface area contributed by atoms with E-state index in [9.17, 15) is 0 Å². The number of hydrogen-bond acceptors (Lipinski definition) is 5. The van der Waals surface area contributed by atoms with Crippen LogP contribution in [0, 0.1) is 6.92 Å². The fourth-order valence-corrected chi connectivity index (χ4v) is 1.89. The molecule has 19 heavy (non-hydrogen) atoms. The number of anilines is 1. The van der Waals surface area contributed by atoms with E-state index in [0.717, 1.165) is 36.5 Å². The first-order valence-electron chi connectivity index (χ1n) is 6.42. The van der Waals surface area contributed by atoms with Gasteiger partial charge in [-0.15, -0.1) is 5.10 Å². The fraction of sp³-hybridized carbons (Fsp3) is 0.462. The summed E-state index contributed by atoms with van der Waals surface area (Å²) in [5, 5.41) is 11.9. The molecule has 0 aliphatic rings. The van der Waals surface area contributed by atoms with Crippen molar-refractivity contribution in [2.45, 2.75) is 26.8 Å². The Balaban J connectivity index is 2.16. The minimum absolute atomic E-state index is 0.712. The highest BCUT2D eigenvalue weighted by Gasteiger charge is 2.11. The predicted molar refractivity (Wildman–Crippen MR) is 73.5 cm³/mol. The van der Waals surface area contributed by atoms with Gasteiger partial charge in [0.25, 0.3) is 0 Å². The van der Waals surface area contributed by atoms with E-state index in [2.05, 4.69) is 15.5 Å². The van der Waals surface area contributed by atoms with Crippen LogP contribution in [0.4, 0.5) is 5.69 Å². The molecule has 0 unspecified atom stereocenters. The smallest absolute Gasteiger partial charge is 0.182 e. The van der Waals surface area contributed by atoms with E-state index in [0.29, 0.717) is 12.3 Å². The third kappa shape index (κ3) is 3.29. The Labute approximate surface area is 112 Å². The molecule has 102 valence electrons. The van der Waals surface area contributed by atoms with Crippen LogP contribution in [0.1, 0.15) is 18.9 Å². The average Bonchev–Trinajstić information content (AvgIpc) is 2.86. The lowest BCUT2D eigenvalue weighted by molar-refractivity contribution is 0.140. The summed E-state index contributed by atoms with van der Waals surface area (Å²) >= 11 is 0. The van der Waals surface area contributed by atoms with E-state index in [1.807, 2.05) is 32.0 Å². The number of aromatic nitrogens is 4. The lowest BCUT2D eigenvalue weighted by Crippen LogP contribution is -2.07. The van der Waals surface area contributed by atoms with Crippen molar-refractivity contribution in [3.63, 3.8) is 0 Å². The van der Waals surface area contributed by atoms with Crippen molar-refractivity contribution in [1.82, 2.24) is 20.2 Å². The van der Waals surface area contributed by atoms with Crippen molar-refractivity contribution >= 4 is 5.69 Å². The lowest BCUT2D eigenvalue weighted by atomic mass is 10.1. The molecule has 6 nitrogen and oxygen atoms in total. The van der Waals surface area contributed by atoms with Gasteiger partial charge in [0, 0.05) is 31.0 Å². The number of tetrazole rings is 1. The second-order valence-electron chi connectivity index (χ2n) is 4.35. The fourth-order valence-electron chi connectivity index (χ4n) is 1.89. The van der Waals surface area contributed by atoms with Gasteiger partial charge < -0.3 is 10.5 Å². The molecule has 0 bridgehead atoms. The molecule has 0 atom stereocenters. The molecule has 0 saturated heterocycles. The third-order valence-electron chi connectivity index (χ3n) is 2.90. The number of nitrogens with two attached hydrogens (primary N) is 1. The molecule has 1 aromatic carbocycles. The van der Waals surface area contributed by atoms with Crippen LogP contribution in [-0.2, 0) is 11.3 Å². The first-order chi connectivity index (χ1) is 9.22. The summed E-state index contributed by atoms with van der Waals surface area (Å²) in [6.07, 6.45) is 0.882. The van der Waals surface area contributed by atoms with Crippen LogP contribution < -0.4 is 5.73 Å². The van der Waals surface area contributed by atoms with Gasteiger partial charge in [-0.2, -0.15) is 0 Å². The highest BCUT2D eigenvalue weighted by Crippen LogP contribution is 2.23. The Kier molecular flexibility index (Phi) is 4.46. The summed E-state index contributed by atoms with van der Waals surface area (Å²) in [5.74, 6) is 0.751. The summed E-state index contributed by atoms with van der Waals surface area (Å²) in [6.45, 7) is 6.19. The van der Waals surface area contributed by atoms with Gasteiger partial charge in [0.15, 0.2) is 5.82 Å². The van der Waals surface area contributed by atoms with Crippen molar-refractivity contribution in [1.29, 1.82) is 0 Å². The maximum Gasteiger partial charge on any atom is 0.182 e. The Morgan fingerprint density at radius 3 is 3.00 bits per heavy atom. The first-order valence-corrected chi connectivity index (χ1v) is 6.42. The van der Waals surface area contributed by atoms with Crippen molar-refractivity contribution in [2.75, 3.05) is 18.9 Å². The molecule has 0 aliphatic heterocycles. The van der Waals surface area contributed by atoms with Gasteiger partial charge in [0.2, 0.25) is 0 Å². The van der Waals surface area contributed by atoms with Crippen LogP contribution in [-0.4, -0.2) is 33.4 Å². The van der Waals surface area contributed by atoms with Crippen LogP contribution in [0.5, 0.6) is 0 Å². The minimum Gasteiger partial charge on any atom is -0.399 e. The van der Waals surface area contributed by atoms with Crippen molar-refractivity contribution < 1.29 is 4.74 Å². The van der Waals surface area contributed by atoms with E-state index < -0.39 is 0 Å². The summed E-state index contributed by atoms with van der Waals surface area (Å²) in [7, 11) is 0. The molecular formula is C13H19N5O. The molecule has 6 heteroatoms. The van der Waals surface area contributed by atoms with Crippen LogP contribution in [0.25, 0.3) is 11.4 Å². The summed E-state index contributed by atoms with van der Waals surface area (Å²) in [6, 6.07) is 5.76. The molecule has 0 radical (unpaired) electrons. The molecule has 0 saturated carbocycles. The van der Waals surface area contributed by atoms with Gasteiger partial charge in [-0.05, 0) is 48.4 Å². The number of hydrogen-bond donors (Lipinski definition) is 1. The van der Waals surface area contributed by atoms with Crippen LogP contribution in [0.2, 0.25) is 0 Å². The summed E-state index contributed by atoms with van der Waals surface area (Å²) < 4.78 is 7.11. The van der Waals surface area contributed by atoms with Gasteiger partial charge in [0.1, 0.15) is 0 Å². The second kappa shape index (κ2) is 6.29. The Morgan fingerprint density at radius 1 is 1.37 bits per heavy atom. The van der Waals surface area contributed by atoms with E-state index in [-0.39, 0.29) is 0 Å². The topological polar surface area (TPSA) is 78.8 Å². The molecule has 0 spiro atoms. The van der Waals surface area contributed by atoms with E-state index in [1.54, 1.807) is 4.68 Å². The zero-order valence-electron chi connectivity index (χ0n) is 11.3. The molecule has 2 aromatic rings. The van der Waals surface area contributed by atoms with Crippen LogP contribution >= 0.6 is 0 Å². The number of benzene rings is 1. The summed E-state index contributed by atoms with van der Waals surface area (Å²) in [5.41, 5.74) is 8.62.